The van der Waals surface area contributed by atoms with Crippen LogP contribution in [0, 0.1) is 5.92 Å². The Morgan fingerprint density at radius 3 is 2.47 bits per heavy atom. The molecule has 10 nitrogen and oxygen atoms in total. The molecule has 242 valence electrons. The van der Waals surface area contributed by atoms with Gasteiger partial charge in [0.05, 0.1) is 25.0 Å². The van der Waals surface area contributed by atoms with E-state index in [9.17, 15) is 29.4 Å². The molecule has 2 aromatic heterocycles. The average molecular weight is 655 g/mol. The number of oxazole rings is 1. The zero-order chi connectivity index (χ0) is 33.5. The van der Waals surface area contributed by atoms with Crippen LogP contribution in [-0.4, -0.2) is 57.1 Å². The first-order chi connectivity index (χ1) is 22.6. The number of hydrogen-bond acceptors (Lipinski definition) is 8. The molecule has 0 saturated carbocycles. The molecule has 3 unspecified atom stereocenters. The summed E-state index contributed by atoms with van der Waals surface area (Å²) in [6.07, 6.45) is 2.97. The third kappa shape index (κ3) is 8.11. The number of hydrogen-bond donors (Lipinski definition) is 2. The van der Waals surface area contributed by atoms with Crippen molar-refractivity contribution in [1.82, 2.24) is 9.88 Å². The highest BCUT2D eigenvalue weighted by atomic mass is 32.1. The van der Waals surface area contributed by atoms with Crippen LogP contribution in [0.15, 0.2) is 88.7 Å². The lowest BCUT2D eigenvalue weighted by Gasteiger charge is -2.36. The molecule has 0 fully saturated rings. The summed E-state index contributed by atoms with van der Waals surface area (Å²) in [5.41, 5.74) is 3.44. The fourth-order valence-corrected chi connectivity index (χ4v) is 6.42. The van der Waals surface area contributed by atoms with E-state index in [1.807, 2.05) is 79.0 Å². The van der Waals surface area contributed by atoms with Gasteiger partial charge in [-0.1, -0.05) is 36.4 Å². The predicted molar refractivity (Wildman–Crippen MR) is 178 cm³/mol. The summed E-state index contributed by atoms with van der Waals surface area (Å²) < 4.78 is 11.8. The minimum Gasteiger partial charge on any atom is -0.481 e. The van der Waals surface area contributed by atoms with Crippen molar-refractivity contribution in [3.8, 4) is 0 Å². The SMILES string of the molecule is COC(=O)c1ccc(C(C/C=C/c2nc3ccccc3o2)C(C)N(Cc2ccc3sccc3c2)C(=O)CC(CC(=O)O)C(=O)O)cc1. The van der Waals surface area contributed by atoms with Crippen molar-refractivity contribution in [2.45, 2.75) is 44.7 Å². The Morgan fingerprint density at radius 2 is 1.77 bits per heavy atom. The highest BCUT2D eigenvalue weighted by molar-refractivity contribution is 7.17. The largest absolute Gasteiger partial charge is 0.481 e. The lowest BCUT2D eigenvalue weighted by Crippen LogP contribution is -2.43. The van der Waals surface area contributed by atoms with E-state index in [2.05, 4.69) is 4.98 Å². The van der Waals surface area contributed by atoms with E-state index in [1.54, 1.807) is 34.4 Å². The fraction of sp³-hybridized carbons (Fsp3) is 0.250. The monoisotopic (exact) mass is 654 g/mol. The quantitative estimate of drug-likeness (QED) is 0.121. The Bertz CT molecular complexity index is 1890. The van der Waals surface area contributed by atoms with E-state index >= 15 is 0 Å². The number of aromatic nitrogens is 1. The summed E-state index contributed by atoms with van der Waals surface area (Å²) in [5.74, 6) is -4.87. The number of aliphatic carboxylic acids is 2. The average Bonchev–Trinajstić information content (AvgIpc) is 3.71. The number of fused-ring (bicyclic) bond motifs is 2. The molecular weight excluding hydrogens is 620 g/mol. The van der Waals surface area contributed by atoms with Crippen LogP contribution < -0.4 is 0 Å². The highest BCUT2D eigenvalue weighted by Gasteiger charge is 2.32. The molecule has 2 N–H and O–H groups in total. The summed E-state index contributed by atoms with van der Waals surface area (Å²) in [5, 5.41) is 22.1. The molecule has 1 amide bonds. The van der Waals surface area contributed by atoms with Crippen LogP contribution in [0.2, 0.25) is 0 Å². The molecule has 47 heavy (non-hydrogen) atoms. The molecule has 3 atom stereocenters. The number of allylic oxidation sites excluding steroid dienone is 1. The van der Waals surface area contributed by atoms with Crippen LogP contribution in [0.5, 0.6) is 0 Å². The summed E-state index contributed by atoms with van der Waals surface area (Å²) >= 11 is 1.61. The van der Waals surface area contributed by atoms with Gasteiger partial charge in [0.1, 0.15) is 5.52 Å². The van der Waals surface area contributed by atoms with Gasteiger partial charge < -0.3 is 24.3 Å². The van der Waals surface area contributed by atoms with E-state index in [1.165, 1.54) is 7.11 Å². The third-order valence-electron chi connectivity index (χ3n) is 8.18. The number of rotatable bonds is 14. The molecule has 5 aromatic rings. The number of carboxylic acid groups (broad SMARTS) is 2. The molecule has 0 saturated heterocycles. The van der Waals surface area contributed by atoms with Crippen LogP contribution >= 0.6 is 11.3 Å². The van der Waals surface area contributed by atoms with Gasteiger partial charge in [0.15, 0.2) is 5.58 Å². The van der Waals surface area contributed by atoms with Gasteiger partial charge in [-0.15, -0.1) is 11.3 Å². The molecule has 0 aliphatic carbocycles. The van der Waals surface area contributed by atoms with Crippen LogP contribution in [0.25, 0.3) is 27.3 Å². The Kier molecular flexibility index (Phi) is 10.5. The van der Waals surface area contributed by atoms with Crippen LogP contribution in [0.1, 0.15) is 59.5 Å². The Hall–Kier alpha value is -5.29. The van der Waals surface area contributed by atoms with Gasteiger partial charge >= 0.3 is 17.9 Å². The number of ether oxygens (including phenoxy) is 1. The number of carboxylic acids is 2. The van der Waals surface area contributed by atoms with Gasteiger partial charge in [-0.05, 0) is 83.8 Å². The van der Waals surface area contributed by atoms with Crippen molar-refractivity contribution in [2.24, 2.45) is 5.92 Å². The first-order valence-corrected chi connectivity index (χ1v) is 15.9. The minimum absolute atomic E-state index is 0.177. The van der Waals surface area contributed by atoms with E-state index in [4.69, 9.17) is 9.15 Å². The summed E-state index contributed by atoms with van der Waals surface area (Å²) in [6.45, 7) is 2.07. The van der Waals surface area contributed by atoms with Gasteiger partial charge in [-0.3, -0.25) is 14.4 Å². The van der Waals surface area contributed by atoms with Crippen LogP contribution in [-0.2, 0) is 25.7 Å². The normalized spacial score (nSPS) is 13.4. The standard InChI is InChI=1S/C36H34N2O8S/c1-22(38(33(39)19-27(35(42)43)20-34(40)41)21-23-10-15-31-26(18-23)16-17-47-31)28(24-11-13-25(14-12-24)36(44)45-2)6-5-9-32-37-29-7-3-4-8-30(29)46-32/h3-5,7-18,22,27-28H,6,19-21H2,1-2H3,(H,40,41)(H,42,43)/b9-5+. The topological polar surface area (TPSA) is 147 Å². The molecule has 0 radical (unpaired) electrons. The third-order valence-corrected chi connectivity index (χ3v) is 9.07. The van der Waals surface area contributed by atoms with Gasteiger partial charge in [-0.2, -0.15) is 0 Å². The van der Waals surface area contributed by atoms with Crippen molar-refractivity contribution in [1.29, 1.82) is 0 Å². The number of esters is 1. The molecule has 0 bridgehead atoms. The molecule has 0 spiro atoms. The first kappa shape index (κ1) is 33.1. The smallest absolute Gasteiger partial charge is 0.337 e. The second-order valence-corrected chi connectivity index (χ2v) is 12.2. The highest BCUT2D eigenvalue weighted by Crippen LogP contribution is 2.32. The lowest BCUT2D eigenvalue weighted by atomic mass is 9.87. The van der Waals surface area contributed by atoms with Gasteiger partial charge in [-0.25, -0.2) is 9.78 Å². The number of benzene rings is 3. The van der Waals surface area contributed by atoms with Crippen molar-refractivity contribution < 1.29 is 38.5 Å². The first-order valence-electron chi connectivity index (χ1n) is 15.0. The Balaban J connectivity index is 1.50. The zero-order valence-electron chi connectivity index (χ0n) is 25.9. The zero-order valence-corrected chi connectivity index (χ0v) is 26.7. The second kappa shape index (κ2) is 14.9. The number of amides is 1. The van der Waals surface area contributed by atoms with Crippen molar-refractivity contribution in [2.75, 3.05) is 7.11 Å². The van der Waals surface area contributed by atoms with Crippen molar-refractivity contribution in [3.05, 3.63) is 107 Å². The van der Waals surface area contributed by atoms with E-state index in [0.717, 1.165) is 26.7 Å². The maximum atomic E-state index is 14.0. The number of para-hydroxylation sites is 2. The summed E-state index contributed by atoms with van der Waals surface area (Å²) in [6, 6.07) is 21.8. The summed E-state index contributed by atoms with van der Waals surface area (Å²) in [7, 11) is 1.31. The fourth-order valence-electron chi connectivity index (χ4n) is 5.65. The van der Waals surface area contributed by atoms with E-state index in [-0.39, 0.29) is 12.5 Å². The minimum atomic E-state index is -1.38. The Labute approximate surface area is 274 Å². The number of nitrogens with zero attached hydrogens (tertiary/aromatic N) is 2. The molecule has 3 aromatic carbocycles. The molecule has 0 aliphatic rings. The molecule has 2 heterocycles. The Morgan fingerprint density at radius 1 is 1.00 bits per heavy atom. The number of carbonyl (C=O) groups excluding carboxylic acids is 2. The summed E-state index contributed by atoms with van der Waals surface area (Å²) in [4.78, 5) is 55.6. The molecular formula is C36H34N2O8S. The molecule has 5 rings (SSSR count). The van der Waals surface area contributed by atoms with Crippen molar-refractivity contribution >= 4 is 62.4 Å². The number of thiophene rings is 1. The number of methoxy groups -OCH3 is 1. The van der Waals surface area contributed by atoms with Gasteiger partial charge in [0.25, 0.3) is 0 Å². The number of carbonyl (C=O) groups is 4. The van der Waals surface area contributed by atoms with Gasteiger partial charge in [0, 0.05) is 29.6 Å². The maximum absolute atomic E-state index is 14.0. The second-order valence-electron chi connectivity index (χ2n) is 11.3. The van der Waals surface area contributed by atoms with Crippen LogP contribution in [0.4, 0.5) is 0 Å². The molecule has 11 heteroatoms. The predicted octanol–water partition coefficient (Wildman–Crippen LogP) is 7.00. The van der Waals surface area contributed by atoms with Gasteiger partial charge in [0.2, 0.25) is 11.8 Å². The molecule has 0 aliphatic heterocycles. The lowest BCUT2D eigenvalue weighted by molar-refractivity contribution is -0.151. The van der Waals surface area contributed by atoms with Crippen LogP contribution in [0.3, 0.4) is 0 Å². The van der Waals surface area contributed by atoms with E-state index < -0.39 is 48.6 Å². The van der Waals surface area contributed by atoms with Crippen molar-refractivity contribution in [3.63, 3.8) is 0 Å². The maximum Gasteiger partial charge on any atom is 0.337 e. The van der Waals surface area contributed by atoms with E-state index in [0.29, 0.717) is 23.5 Å².